The average Bonchev–Trinajstić information content (AvgIpc) is 2.53. The smallest absolute Gasteiger partial charge is 0.119 e. The van der Waals surface area contributed by atoms with E-state index in [1.54, 1.807) is 0 Å². The highest BCUT2D eigenvalue weighted by Crippen LogP contribution is 2.19. The lowest BCUT2D eigenvalue weighted by atomic mass is 9.94. The Morgan fingerprint density at radius 1 is 1.00 bits per heavy atom. The van der Waals surface area contributed by atoms with E-state index in [1.807, 2.05) is 30.3 Å². The molecule has 0 saturated heterocycles. The zero-order valence-electron chi connectivity index (χ0n) is 12.6. The molecule has 0 radical (unpaired) electrons. The van der Waals surface area contributed by atoms with E-state index in [9.17, 15) is 0 Å². The van der Waals surface area contributed by atoms with Crippen LogP contribution in [-0.2, 0) is 6.42 Å². The third-order valence-corrected chi connectivity index (χ3v) is 4.19. The minimum Gasteiger partial charge on any atom is -0.494 e. The largest absolute Gasteiger partial charge is 0.494 e. The summed E-state index contributed by atoms with van der Waals surface area (Å²) in [5, 5.41) is 0. The van der Waals surface area contributed by atoms with Crippen LogP contribution >= 0.6 is 11.6 Å². The van der Waals surface area contributed by atoms with E-state index in [-0.39, 0.29) is 0 Å². The highest BCUT2D eigenvalue weighted by Gasteiger charge is 2.10. The lowest BCUT2D eigenvalue weighted by Gasteiger charge is -2.15. The van der Waals surface area contributed by atoms with Crippen molar-refractivity contribution in [3.63, 3.8) is 0 Å². The van der Waals surface area contributed by atoms with Crippen molar-refractivity contribution in [3.05, 3.63) is 65.7 Å². The maximum atomic E-state index is 6.12. The van der Waals surface area contributed by atoms with Gasteiger partial charge in [-0.05, 0) is 55.4 Å². The predicted octanol–water partition coefficient (Wildman–Crippen LogP) is 5.25. The minimum absolute atomic E-state index is 0.521. The van der Waals surface area contributed by atoms with Crippen molar-refractivity contribution in [1.29, 1.82) is 0 Å². The summed E-state index contributed by atoms with van der Waals surface area (Å²) >= 11 is 6.12. The summed E-state index contributed by atoms with van der Waals surface area (Å²) in [5.41, 5.74) is 2.76. The summed E-state index contributed by atoms with van der Waals surface area (Å²) in [5.74, 6) is 2.17. The molecule has 0 heterocycles. The van der Waals surface area contributed by atoms with Crippen LogP contribution in [0.4, 0.5) is 0 Å². The number of halogens is 1. The van der Waals surface area contributed by atoms with Gasteiger partial charge in [0, 0.05) is 5.88 Å². The summed E-state index contributed by atoms with van der Waals surface area (Å²) in [4.78, 5) is 0. The van der Waals surface area contributed by atoms with E-state index in [4.69, 9.17) is 16.3 Å². The van der Waals surface area contributed by atoms with Gasteiger partial charge in [-0.25, -0.2) is 0 Å². The molecule has 1 nitrogen and oxygen atoms in total. The Morgan fingerprint density at radius 2 is 1.71 bits per heavy atom. The van der Waals surface area contributed by atoms with Crippen molar-refractivity contribution in [2.75, 3.05) is 12.5 Å². The van der Waals surface area contributed by atoms with Crippen molar-refractivity contribution < 1.29 is 4.74 Å². The first-order valence-electron chi connectivity index (χ1n) is 7.58. The molecule has 2 rings (SSSR count). The first-order chi connectivity index (χ1) is 10.3. The van der Waals surface area contributed by atoms with Gasteiger partial charge in [-0.15, -0.1) is 11.6 Å². The number of alkyl halides is 1. The molecule has 0 aliphatic carbocycles. The molecule has 0 fully saturated rings. The van der Waals surface area contributed by atoms with Crippen LogP contribution in [0.2, 0.25) is 0 Å². The van der Waals surface area contributed by atoms with Crippen molar-refractivity contribution in [2.45, 2.75) is 26.2 Å². The first-order valence-corrected chi connectivity index (χ1v) is 8.11. The van der Waals surface area contributed by atoms with Gasteiger partial charge in [0.2, 0.25) is 0 Å². The topological polar surface area (TPSA) is 9.23 Å². The van der Waals surface area contributed by atoms with Crippen LogP contribution in [0.25, 0.3) is 0 Å². The van der Waals surface area contributed by atoms with Crippen molar-refractivity contribution in [3.8, 4) is 5.75 Å². The van der Waals surface area contributed by atoms with E-state index in [0.29, 0.717) is 11.8 Å². The molecule has 0 amide bonds. The summed E-state index contributed by atoms with van der Waals surface area (Å²) < 4.78 is 5.73. The Labute approximate surface area is 132 Å². The molecule has 0 aliphatic rings. The fraction of sp³-hybridized carbons (Fsp3) is 0.368. The Kier molecular flexibility index (Phi) is 6.62. The quantitative estimate of drug-likeness (QED) is 0.478. The van der Waals surface area contributed by atoms with Crippen molar-refractivity contribution >= 4 is 11.6 Å². The maximum Gasteiger partial charge on any atom is 0.119 e. The molecule has 1 atom stereocenters. The second-order valence-corrected chi connectivity index (χ2v) is 5.76. The lowest BCUT2D eigenvalue weighted by molar-refractivity contribution is 0.295. The van der Waals surface area contributed by atoms with Crippen LogP contribution in [0.15, 0.2) is 54.6 Å². The van der Waals surface area contributed by atoms with Crippen LogP contribution in [0.3, 0.4) is 0 Å². The van der Waals surface area contributed by atoms with Crippen LogP contribution in [0.5, 0.6) is 5.75 Å². The molecule has 112 valence electrons. The third-order valence-electron chi connectivity index (χ3n) is 3.76. The monoisotopic (exact) mass is 302 g/mol. The van der Waals surface area contributed by atoms with E-state index < -0.39 is 0 Å². The number of hydrogen-bond acceptors (Lipinski definition) is 1. The summed E-state index contributed by atoms with van der Waals surface area (Å²) in [6, 6.07) is 18.5. The van der Waals surface area contributed by atoms with Crippen LogP contribution in [0, 0.1) is 12.8 Å². The number of hydrogen-bond donors (Lipinski definition) is 0. The number of rotatable bonds is 8. The number of aryl methyl sites for hydroxylation is 1. The molecule has 0 saturated carbocycles. The van der Waals surface area contributed by atoms with Gasteiger partial charge >= 0.3 is 0 Å². The number of ether oxygens (including phenoxy) is 1. The highest BCUT2D eigenvalue weighted by molar-refractivity contribution is 6.18. The predicted molar refractivity (Wildman–Crippen MR) is 90.3 cm³/mol. The summed E-state index contributed by atoms with van der Waals surface area (Å²) in [6.45, 7) is 2.92. The molecule has 0 spiro atoms. The van der Waals surface area contributed by atoms with E-state index >= 15 is 0 Å². The van der Waals surface area contributed by atoms with Gasteiger partial charge in [0.1, 0.15) is 5.75 Å². The second-order valence-electron chi connectivity index (χ2n) is 5.45. The van der Waals surface area contributed by atoms with Gasteiger partial charge in [0.05, 0.1) is 6.61 Å². The van der Waals surface area contributed by atoms with Gasteiger partial charge in [0.25, 0.3) is 0 Å². The minimum atomic E-state index is 0.521. The van der Waals surface area contributed by atoms with Crippen molar-refractivity contribution in [1.82, 2.24) is 0 Å². The van der Waals surface area contributed by atoms with E-state index in [2.05, 4.69) is 31.2 Å². The second kappa shape index (κ2) is 8.74. The van der Waals surface area contributed by atoms with E-state index in [0.717, 1.165) is 31.6 Å². The summed E-state index contributed by atoms with van der Waals surface area (Å²) in [7, 11) is 0. The van der Waals surface area contributed by atoms with Crippen LogP contribution in [0.1, 0.15) is 24.0 Å². The molecule has 0 aromatic heterocycles. The SMILES string of the molecule is Cc1ccccc1CC(CCl)CCCOc1ccccc1. The summed E-state index contributed by atoms with van der Waals surface area (Å²) in [6.07, 6.45) is 3.20. The Morgan fingerprint density at radius 3 is 2.43 bits per heavy atom. The molecular formula is C19H23ClO. The fourth-order valence-electron chi connectivity index (χ4n) is 2.46. The molecule has 21 heavy (non-hydrogen) atoms. The molecule has 0 aliphatic heterocycles. The third kappa shape index (κ3) is 5.43. The highest BCUT2D eigenvalue weighted by atomic mass is 35.5. The number of para-hydroxylation sites is 1. The molecule has 1 unspecified atom stereocenters. The van der Waals surface area contributed by atoms with Gasteiger partial charge in [0.15, 0.2) is 0 Å². The molecule has 2 aromatic rings. The molecular weight excluding hydrogens is 280 g/mol. The lowest BCUT2D eigenvalue weighted by Crippen LogP contribution is -2.10. The molecule has 0 bridgehead atoms. The van der Waals surface area contributed by atoms with E-state index in [1.165, 1.54) is 11.1 Å². The van der Waals surface area contributed by atoms with Gasteiger partial charge in [-0.3, -0.25) is 0 Å². The Balaban J connectivity index is 1.74. The zero-order valence-corrected chi connectivity index (χ0v) is 13.4. The Hall–Kier alpha value is -1.47. The van der Waals surface area contributed by atoms with Crippen molar-refractivity contribution in [2.24, 2.45) is 5.92 Å². The standard InChI is InChI=1S/C19H23ClO/c1-16-8-5-6-10-18(16)14-17(15-20)9-7-13-21-19-11-3-2-4-12-19/h2-6,8,10-12,17H,7,9,13-15H2,1H3. The first kappa shape index (κ1) is 15.9. The molecule has 2 aromatic carbocycles. The molecule has 0 N–H and O–H groups in total. The average molecular weight is 303 g/mol. The van der Waals surface area contributed by atoms with Gasteiger partial charge < -0.3 is 4.74 Å². The van der Waals surface area contributed by atoms with Gasteiger partial charge in [-0.1, -0.05) is 42.5 Å². The number of benzene rings is 2. The fourth-order valence-corrected chi connectivity index (χ4v) is 2.73. The zero-order chi connectivity index (χ0) is 14.9. The molecule has 2 heteroatoms. The van der Waals surface area contributed by atoms with Crippen LogP contribution < -0.4 is 4.74 Å². The maximum absolute atomic E-state index is 6.12. The normalized spacial score (nSPS) is 12.1. The van der Waals surface area contributed by atoms with Crippen LogP contribution in [-0.4, -0.2) is 12.5 Å². The van der Waals surface area contributed by atoms with Gasteiger partial charge in [-0.2, -0.15) is 0 Å². The Bertz CT molecular complexity index is 524.